The van der Waals surface area contributed by atoms with Gasteiger partial charge in [-0.15, -0.1) is 0 Å². The molecule has 0 aliphatic heterocycles. The summed E-state index contributed by atoms with van der Waals surface area (Å²) < 4.78 is 18.3. The maximum atomic E-state index is 13.0. The number of halogens is 2. The zero-order chi connectivity index (χ0) is 17.3. The van der Waals surface area contributed by atoms with Crippen LogP contribution in [0.25, 0.3) is 11.0 Å². The van der Waals surface area contributed by atoms with Crippen LogP contribution in [0.4, 0.5) is 4.39 Å². The smallest absolute Gasteiger partial charge is 0.336 e. The van der Waals surface area contributed by atoms with E-state index in [1.807, 2.05) is 20.0 Å². The molecular formula is C19H17ClFNO2. The van der Waals surface area contributed by atoms with E-state index in [1.54, 1.807) is 18.2 Å². The first-order valence-electron chi connectivity index (χ1n) is 7.58. The van der Waals surface area contributed by atoms with E-state index in [1.165, 1.54) is 18.2 Å². The fourth-order valence-corrected chi connectivity index (χ4v) is 2.89. The van der Waals surface area contributed by atoms with Crippen molar-refractivity contribution in [3.05, 3.63) is 80.4 Å². The van der Waals surface area contributed by atoms with E-state index in [2.05, 4.69) is 4.90 Å². The SMILES string of the molecule is Cc1cc2oc(=O)cc(CN(C)Cc3ccc(F)cc3)c2cc1Cl. The van der Waals surface area contributed by atoms with Crippen molar-refractivity contribution in [2.45, 2.75) is 20.0 Å². The number of aryl methyl sites for hydroxylation is 1. The number of benzene rings is 2. The minimum atomic E-state index is -0.380. The highest BCUT2D eigenvalue weighted by atomic mass is 35.5. The summed E-state index contributed by atoms with van der Waals surface area (Å²) in [7, 11) is 1.94. The van der Waals surface area contributed by atoms with Gasteiger partial charge >= 0.3 is 5.63 Å². The minimum absolute atomic E-state index is 0.252. The molecule has 1 aromatic heterocycles. The average molecular weight is 346 g/mol. The number of hydrogen-bond donors (Lipinski definition) is 0. The molecule has 0 aliphatic rings. The lowest BCUT2D eigenvalue weighted by molar-refractivity contribution is 0.319. The predicted octanol–water partition coefficient (Wildman–Crippen LogP) is 4.53. The van der Waals surface area contributed by atoms with Crippen LogP contribution in [-0.2, 0) is 13.1 Å². The van der Waals surface area contributed by atoms with Gasteiger partial charge in [-0.3, -0.25) is 4.90 Å². The Balaban J connectivity index is 1.90. The van der Waals surface area contributed by atoms with Crippen LogP contribution in [0, 0.1) is 12.7 Å². The molecule has 0 unspecified atom stereocenters. The standard InChI is InChI=1S/C19H17ClFNO2/c1-12-7-18-16(9-17(12)20)14(8-19(23)24-18)11-22(2)10-13-3-5-15(21)6-4-13/h3-9H,10-11H2,1-2H3. The summed E-state index contributed by atoms with van der Waals surface area (Å²) in [6, 6.07) is 11.5. The molecule has 0 spiro atoms. The predicted molar refractivity (Wildman–Crippen MR) is 93.8 cm³/mol. The third kappa shape index (κ3) is 3.66. The van der Waals surface area contributed by atoms with E-state index >= 15 is 0 Å². The first-order chi connectivity index (χ1) is 11.4. The van der Waals surface area contributed by atoms with Crippen molar-refractivity contribution >= 4 is 22.6 Å². The molecule has 24 heavy (non-hydrogen) atoms. The van der Waals surface area contributed by atoms with Crippen molar-refractivity contribution in [3.8, 4) is 0 Å². The lowest BCUT2D eigenvalue weighted by atomic mass is 10.1. The Hall–Kier alpha value is -2.17. The summed E-state index contributed by atoms with van der Waals surface area (Å²) >= 11 is 6.21. The van der Waals surface area contributed by atoms with Crippen molar-refractivity contribution in [1.29, 1.82) is 0 Å². The highest BCUT2D eigenvalue weighted by molar-refractivity contribution is 6.32. The van der Waals surface area contributed by atoms with Gasteiger partial charge in [0, 0.05) is 29.6 Å². The molecule has 0 N–H and O–H groups in total. The first kappa shape index (κ1) is 16.7. The van der Waals surface area contributed by atoms with Gasteiger partial charge in [-0.1, -0.05) is 23.7 Å². The molecule has 0 radical (unpaired) electrons. The van der Waals surface area contributed by atoms with Crippen LogP contribution in [0.3, 0.4) is 0 Å². The molecule has 124 valence electrons. The Morgan fingerprint density at radius 3 is 2.54 bits per heavy atom. The highest BCUT2D eigenvalue weighted by Gasteiger charge is 2.11. The fraction of sp³-hybridized carbons (Fsp3) is 0.211. The normalized spacial score (nSPS) is 11.4. The first-order valence-corrected chi connectivity index (χ1v) is 7.96. The van der Waals surface area contributed by atoms with E-state index in [4.69, 9.17) is 16.0 Å². The Morgan fingerprint density at radius 1 is 1.12 bits per heavy atom. The molecule has 3 rings (SSSR count). The number of nitrogens with zero attached hydrogens (tertiary/aromatic N) is 1. The van der Waals surface area contributed by atoms with Crippen LogP contribution >= 0.6 is 11.6 Å². The molecule has 0 saturated carbocycles. The summed E-state index contributed by atoms with van der Waals surface area (Å²) in [5.41, 5.74) is 2.88. The van der Waals surface area contributed by atoms with Crippen molar-refractivity contribution in [1.82, 2.24) is 4.90 Å². The second kappa shape index (κ2) is 6.75. The van der Waals surface area contributed by atoms with Gasteiger partial charge < -0.3 is 4.42 Å². The summed E-state index contributed by atoms with van der Waals surface area (Å²) in [5, 5.41) is 1.47. The molecule has 0 aliphatic carbocycles. The summed E-state index contributed by atoms with van der Waals surface area (Å²) in [6.07, 6.45) is 0. The van der Waals surface area contributed by atoms with Gasteiger partial charge in [0.15, 0.2) is 0 Å². The Morgan fingerprint density at radius 2 is 1.83 bits per heavy atom. The third-order valence-corrected chi connectivity index (χ3v) is 4.32. The summed E-state index contributed by atoms with van der Waals surface area (Å²) in [5.74, 6) is -0.252. The van der Waals surface area contributed by atoms with Gasteiger partial charge in [0.05, 0.1) is 0 Å². The largest absolute Gasteiger partial charge is 0.423 e. The second-order valence-electron chi connectivity index (χ2n) is 5.99. The van der Waals surface area contributed by atoms with Gasteiger partial charge in [0.1, 0.15) is 11.4 Å². The summed E-state index contributed by atoms with van der Waals surface area (Å²) in [6.45, 7) is 3.07. The molecule has 0 atom stereocenters. The molecule has 0 bridgehead atoms. The maximum absolute atomic E-state index is 13.0. The zero-order valence-electron chi connectivity index (χ0n) is 13.5. The Labute approximate surface area is 144 Å². The van der Waals surface area contributed by atoms with Crippen molar-refractivity contribution in [2.24, 2.45) is 0 Å². The van der Waals surface area contributed by atoms with E-state index < -0.39 is 0 Å². The Kier molecular flexibility index (Phi) is 4.69. The van der Waals surface area contributed by atoms with Gasteiger partial charge in [-0.2, -0.15) is 0 Å². The molecule has 2 aromatic carbocycles. The highest BCUT2D eigenvalue weighted by Crippen LogP contribution is 2.26. The molecule has 3 nitrogen and oxygen atoms in total. The molecule has 3 aromatic rings. The monoisotopic (exact) mass is 345 g/mol. The molecule has 5 heteroatoms. The van der Waals surface area contributed by atoms with Crippen molar-refractivity contribution < 1.29 is 8.81 Å². The van der Waals surface area contributed by atoms with Gasteiger partial charge in [0.2, 0.25) is 0 Å². The lowest BCUT2D eigenvalue weighted by Crippen LogP contribution is -2.18. The van der Waals surface area contributed by atoms with Crippen LogP contribution in [0.1, 0.15) is 16.7 Å². The van der Waals surface area contributed by atoms with Crippen LogP contribution in [-0.4, -0.2) is 11.9 Å². The van der Waals surface area contributed by atoms with Crippen molar-refractivity contribution in [3.63, 3.8) is 0 Å². The molecular weight excluding hydrogens is 329 g/mol. The molecule has 0 fully saturated rings. The molecule has 0 amide bonds. The number of fused-ring (bicyclic) bond motifs is 1. The van der Waals surface area contributed by atoms with E-state index in [0.717, 1.165) is 22.1 Å². The summed E-state index contributed by atoms with van der Waals surface area (Å²) in [4.78, 5) is 13.9. The van der Waals surface area contributed by atoms with Crippen LogP contribution in [0.5, 0.6) is 0 Å². The fourth-order valence-electron chi connectivity index (χ4n) is 2.73. The topological polar surface area (TPSA) is 33.5 Å². The molecule has 0 saturated heterocycles. The van der Waals surface area contributed by atoms with Gasteiger partial charge in [0.25, 0.3) is 0 Å². The minimum Gasteiger partial charge on any atom is -0.423 e. The van der Waals surface area contributed by atoms with Crippen LogP contribution < -0.4 is 5.63 Å². The molecule has 1 heterocycles. The lowest BCUT2D eigenvalue weighted by Gasteiger charge is -2.18. The Bertz CT molecular complexity index is 934. The van der Waals surface area contributed by atoms with Gasteiger partial charge in [-0.05, 0) is 54.9 Å². The van der Waals surface area contributed by atoms with Gasteiger partial charge in [-0.25, -0.2) is 9.18 Å². The third-order valence-electron chi connectivity index (χ3n) is 3.92. The van der Waals surface area contributed by atoms with E-state index in [9.17, 15) is 9.18 Å². The quantitative estimate of drug-likeness (QED) is 0.651. The van der Waals surface area contributed by atoms with Crippen LogP contribution in [0.2, 0.25) is 5.02 Å². The number of hydrogen-bond acceptors (Lipinski definition) is 3. The maximum Gasteiger partial charge on any atom is 0.336 e. The van der Waals surface area contributed by atoms with Crippen LogP contribution in [0.15, 0.2) is 51.7 Å². The average Bonchev–Trinajstić information content (AvgIpc) is 2.51. The van der Waals surface area contributed by atoms with E-state index in [0.29, 0.717) is 23.7 Å². The van der Waals surface area contributed by atoms with Crippen molar-refractivity contribution in [2.75, 3.05) is 7.05 Å². The van der Waals surface area contributed by atoms with E-state index in [-0.39, 0.29) is 11.4 Å². The number of rotatable bonds is 4. The zero-order valence-corrected chi connectivity index (χ0v) is 14.2. The second-order valence-corrected chi connectivity index (χ2v) is 6.39.